The number of carbonyl (C=O) groups is 1. The minimum atomic E-state index is -1.22. The molecule has 0 bridgehead atoms. The number of likely N-dealkylation sites (tertiary alicyclic amines) is 1. The average molecular weight is 293 g/mol. The number of hydrogen-bond donors (Lipinski definition) is 1. The molecule has 1 fully saturated rings. The molecule has 1 aliphatic heterocycles. The largest absolute Gasteiger partial charge is 0.478 e. The van der Waals surface area contributed by atoms with E-state index in [1.54, 1.807) is 6.07 Å². The van der Waals surface area contributed by atoms with Gasteiger partial charge in [-0.1, -0.05) is 32.8 Å². The lowest BCUT2D eigenvalue weighted by Gasteiger charge is -2.41. The van der Waals surface area contributed by atoms with E-state index in [2.05, 4.69) is 18.7 Å². The van der Waals surface area contributed by atoms with Crippen molar-refractivity contribution < 1.29 is 14.3 Å². The van der Waals surface area contributed by atoms with E-state index in [1.807, 2.05) is 0 Å². The maximum Gasteiger partial charge on any atom is 0.338 e. The van der Waals surface area contributed by atoms with Crippen LogP contribution >= 0.6 is 0 Å². The van der Waals surface area contributed by atoms with Crippen LogP contribution in [0.15, 0.2) is 18.2 Å². The number of nitrogens with zero attached hydrogens (tertiary/aromatic N) is 1. The second-order valence-electron chi connectivity index (χ2n) is 6.10. The quantitative estimate of drug-likeness (QED) is 0.894. The molecule has 3 nitrogen and oxygen atoms in total. The molecule has 2 rings (SSSR count). The Labute approximate surface area is 125 Å². The van der Waals surface area contributed by atoms with Gasteiger partial charge < -0.3 is 5.11 Å². The summed E-state index contributed by atoms with van der Waals surface area (Å²) < 4.78 is 13.7. The Balaban J connectivity index is 1.98. The summed E-state index contributed by atoms with van der Waals surface area (Å²) in [4.78, 5) is 13.1. The molecule has 1 heterocycles. The van der Waals surface area contributed by atoms with Gasteiger partial charge in [0.1, 0.15) is 5.82 Å². The molecule has 1 aromatic rings. The highest BCUT2D eigenvalue weighted by Gasteiger charge is 2.31. The number of benzene rings is 1. The third kappa shape index (κ3) is 3.62. The van der Waals surface area contributed by atoms with Crippen LogP contribution in [0.3, 0.4) is 0 Å². The number of rotatable bonds is 5. The lowest BCUT2D eigenvalue weighted by Crippen LogP contribution is -2.39. The minimum Gasteiger partial charge on any atom is -0.478 e. The van der Waals surface area contributed by atoms with Gasteiger partial charge in [0, 0.05) is 6.54 Å². The highest BCUT2D eigenvalue weighted by molar-refractivity contribution is 5.87. The molecule has 0 unspecified atom stereocenters. The van der Waals surface area contributed by atoms with Crippen molar-refractivity contribution in [3.8, 4) is 0 Å². The second-order valence-corrected chi connectivity index (χ2v) is 6.10. The maximum absolute atomic E-state index is 13.7. The summed E-state index contributed by atoms with van der Waals surface area (Å²) in [6.07, 6.45) is 4.82. The van der Waals surface area contributed by atoms with E-state index in [4.69, 9.17) is 5.11 Å². The van der Waals surface area contributed by atoms with Crippen LogP contribution in [-0.2, 0) is 6.54 Å². The zero-order valence-corrected chi connectivity index (χ0v) is 12.9. The Bertz CT molecular complexity index is 502. The number of halogens is 1. The van der Waals surface area contributed by atoms with E-state index < -0.39 is 11.8 Å². The molecule has 0 radical (unpaired) electrons. The molecule has 0 saturated carbocycles. The molecule has 4 heteroatoms. The number of piperidine rings is 1. The number of aromatic carboxylic acids is 1. The van der Waals surface area contributed by atoms with Crippen molar-refractivity contribution in [2.24, 2.45) is 5.41 Å². The van der Waals surface area contributed by atoms with Crippen molar-refractivity contribution in [2.75, 3.05) is 13.1 Å². The lowest BCUT2D eigenvalue weighted by atomic mass is 9.74. The molecular formula is C17H24FNO2. The molecule has 0 atom stereocenters. The van der Waals surface area contributed by atoms with Gasteiger partial charge in [-0.15, -0.1) is 0 Å². The third-order valence-corrected chi connectivity index (χ3v) is 5.09. The fraction of sp³-hybridized carbons (Fsp3) is 0.588. The number of carboxylic acids is 1. The summed E-state index contributed by atoms with van der Waals surface area (Å²) in [7, 11) is 0. The monoisotopic (exact) mass is 293 g/mol. The summed E-state index contributed by atoms with van der Waals surface area (Å²) in [5.74, 6) is -1.86. The molecule has 0 spiro atoms. The van der Waals surface area contributed by atoms with Crippen LogP contribution in [0.2, 0.25) is 0 Å². The van der Waals surface area contributed by atoms with Gasteiger partial charge in [0.2, 0.25) is 0 Å². The van der Waals surface area contributed by atoms with E-state index in [-0.39, 0.29) is 5.56 Å². The van der Waals surface area contributed by atoms with Crippen LogP contribution < -0.4 is 0 Å². The predicted octanol–water partition coefficient (Wildman–Crippen LogP) is 3.93. The predicted molar refractivity (Wildman–Crippen MR) is 80.9 cm³/mol. The van der Waals surface area contributed by atoms with Crippen LogP contribution in [0.25, 0.3) is 0 Å². The smallest absolute Gasteiger partial charge is 0.338 e. The van der Waals surface area contributed by atoms with Crippen LogP contribution in [0.5, 0.6) is 0 Å². The van der Waals surface area contributed by atoms with Gasteiger partial charge in [0.15, 0.2) is 0 Å². The van der Waals surface area contributed by atoms with E-state index in [0.29, 0.717) is 12.0 Å². The van der Waals surface area contributed by atoms with Gasteiger partial charge in [0.25, 0.3) is 0 Å². The van der Waals surface area contributed by atoms with E-state index >= 15 is 0 Å². The molecule has 0 aliphatic carbocycles. The SMILES string of the molecule is CCC1(CC)CCN(Cc2ccc(C(=O)O)c(F)c2)CC1. The molecule has 1 N–H and O–H groups in total. The normalized spacial score (nSPS) is 18.6. The number of carboxylic acid groups (broad SMARTS) is 1. The Morgan fingerprint density at radius 3 is 2.38 bits per heavy atom. The maximum atomic E-state index is 13.7. The lowest BCUT2D eigenvalue weighted by molar-refractivity contribution is 0.0691. The van der Waals surface area contributed by atoms with Crippen LogP contribution in [-0.4, -0.2) is 29.1 Å². The Morgan fingerprint density at radius 1 is 1.29 bits per heavy atom. The topological polar surface area (TPSA) is 40.5 Å². The first-order valence-corrected chi connectivity index (χ1v) is 7.74. The standard InChI is InChI=1S/C17H24FNO2/c1-3-17(4-2)7-9-19(10-8-17)12-13-5-6-14(16(20)21)15(18)11-13/h5-6,11H,3-4,7-10,12H2,1-2H3,(H,20,21). The third-order valence-electron chi connectivity index (χ3n) is 5.09. The fourth-order valence-electron chi connectivity index (χ4n) is 3.23. The molecule has 116 valence electrons. The van der Waals surface area contributed by atoms with E-state index in [1.165, 1.54) is 37.8 Å². The van der Waals surface area contributed by atoms with Gasteiger partial charge in [0.05, 0.1) is 5.56 Å². The van der Waals surface area contributed by atoms with E-state index in [9.17, 15) is 9.18 Å². The molecule has 1 aromatic carbocycles. The van der Waals surface area contributed by atoms with Crippen LogP contribution in [0.1, 0.15) is 55.5 Å². The van der Waals surface area contributed by atoms with Gasteiger partial charge in [-0.2, -0.15) is 0 Å². The van der Waals surface area contributed by atoms with Gasteiger partial charge >= 0.3 is 5.97 Å². The first kappa shape index (κ1) is 16.0. The zero-order chi connectivity index (χ0) is 15.5. The average Bonchev–Trinajstić information content (AvgIpc) is 2.48. The summed E-state index contributed by atoms with van der Waals surface area (Å²) in [5, 5.41) is 8.84. The summed E-state index contributed by atoms with van der Waals surface area (Å²) in [5.41, 5.74) is 1.07. The van der Waals surface area contributed by atoms with E-state index in [0.717, 1.165) is 18.7 Å². The van der Waals surface area contributed by atoms with Crippen molar-refractivity contribution >= 4 is 5.97 Å². The van der Waals surface area contributed by atoms with Gasteiger partial charge in [-0.3, -0.25) is 4.90 Å². The van der Waals surface area contributed by atoms with Gasteiger partial charge in [-0.25, -0.2) is 9.18 Å². The van der Waals surface area contributed by atoms with Crippen molar-refractivity contribution in [2.45, 2.75) is 46.1 Å². The van der Waals surface area contributed by atoms with Gasteiger partial charge in [-0.05, 0) is 49.0 Å². The Hall–Kier alpha value is -1.42. The van der Waals surface area contributed by atoms with Crippen molar-refractivity contribution in [1.82, 2.24) is 4.90 Å². The number of hydrogen-bond acceptors (Lipinski definition) is 2. The first-order valence-electron chi connectivity index (χ1n) is 7.74. The van der Waals surface area contributed by atoms with Crippen molar-refractivity contribution in [1.29, 1.82) is 0 Å². The molecule has 21 heavy (non-hydrogen) atoms. The molecule has 1 aliphatic rings. The van der Waals surface area contributed by atoms with Crippen LogP contribution in [0, 0.1) is 11.2 Å². The molecule has 0 aromatic heterocycles. The van der Waals surface area contributed by atoms with Crippen molar-refractivity contribution in [3.63, 3.8) is 0 Å². The summed E-state index contributed by atoms with van der Waals surface area (Å²) in [6, 6.07) is 4.43. The molecule has 0 amide bonds. The zero-order valence-electron chi connectivity index (χ0n) is 12.9. The summed E-state index contributed by atoms with van der Waals surface area (Å²) in [6.45, 7) is 7.28. The van der Waals surface area contributed by atoms with Crippen molar-refractivity contribution in [3.05, 3.63) is 35.1 Å². The fourth-order valence-corrected chi connectivity index (χ4v) is 3.23. The molecule has 1 saturated heterocycles. The Kier molecular flexibility index (Phi) is 4.99. The second kappa shape index (κ2) is 6.56. The molecular weight excluding hydrogens is 269 g/mol. The Morgan fingerprint density at radius 2 is 1.90 bits per heavy atom. The highest BCUT2D eigenvalue weighted by atomic mass is 19.1. The highest BCUT2D eigenvalue weighted by Crippen LogP contribution is 2.38. The minimum absolute atomic E-state index is 0.256. The van der Waals surface area contributed by atoms with Crippen LogP contribution in [0.4, 0.5) is 4.39 Å². The first-order chi connectivity index (χ1) is 9.99. The summed E-state index contributed by atoms with van der Waals surface area (Å²) >= 11 is 0.